The Bertz CT molecular complexity index is 4630. The summed E-state index contributed by atoms with van der Waals surface area (Å²) in [6.45, 7) is 34.9. The number of nitrogens with zero attached hydrogens (tertiary/aromatic N) is 1. The van der Waals surface area contributed by atoms with Crippen molar-refractivity contribution in [3.05, 3.63) is 35.9 Å². The van der Waals surface area contributed by atoms with Crippen LogP contribution in [-0.2, 0) is 117 Å². The Kier molecular flexibility index (Phi) is 45.6. The van der Waals surface area contributed by atoms with E-state index in [1.165, 1.54) is 143 Å². The number of nitrogens with one attached hydrogen (secondary N) is 19. The van der Waals surface area contributed by atoms with E-state index in [0.717, 1.165) is 5.56 Å². The van der Waals surface area contributed by atoms with Crippen molar-refractivity contribution >= 4 is 136 Å². The van der Waals surface area contributed by atoms with Crippen LogP contribution in [0.5, 0.6) is 0 Å². The van der Waals surface area contributed by atoms with E-state index in [1.54, 1.807) is 71.9 Å². The van der Waals surface area contributed by atoms with Crippen LogP contribution in [0.1, 0.15) is 250 Å². The highest BCUT2D eigenvalue weighted by Crippen LogP contribution is 2.25. The molecule has 0 aliphatic carbocycles. The minimum absolute atomic E-state index is 0.00295. The number of aliphatic hydroxyl groups is 1. The Labute approximate surface area is 805 Å². The Balaban J connectivity index is 2.18. The van der Waals surface area contributed by atoms with Crippen molar-refractivity contribution < 1.29 is 120 Å². The van der Waals surface area contributed by atoms with Crippen molar-refractivity contribution in [1.82, 2.24) is 106 Å². The molecule has 1 aromatic carbocycles. The van der Waals surface area contributed by atoms with E-state index in [2.05, 4.69) is 101 Å². The number of primary amides is 2. The fourth-order valence-electron chi connectivity index (χ4n) is 13.8. The highest BCUT2D eigenvalue weighted by Gasteiger charge is 2.48. The van der Waals surface area contributed by atoms with Crippen LogP contribution < -0.4 is 112 Å². The van der Waals surface area contributed by atoms with Crippen molar-refractivity contribution in [3.63, 3.8) is 0 Å². The average Bonchev–Trinajstić information content (AvgIpc) is 1.59. The highest BCUT2D eigenvalue weighted by molar-refractivity contribution is 6.05. The van der Waals surface area contributed by atoms with E-state index in [-0.39, 0.29) is 51.0 Å². The fraction of sp³-hybridized carbons (Fsp3) is 0.681. The summed E-state index contributed by atoms with van der Waals surface area (Å²) in [5.74, 6) is -22.0. The third-order valence-electron chi connectivity index (χ3n) is 22.7. The third kappa shape index (κ3) is 38.5. The van der Waals surface area contributed by atoms with Crippen LogP contribution in [-0.4, -0.2) is 282 Å². The van der Waals surface area contributed by atoms with Crippen molar-refractivity contribution in [2.24, 2.45) is 29.2 Å². The molecule has 1 aromatic rings. The van der Waals surface area contributed by atoms with Crippen LogP contribution in [0, 0.1) is 17.8 Å². The van der Waals surface area contributed by atoms with E-state index in [1.807, 2.05) is 0 Å². The Morgan fingerprint density at radius 1 is 0.406 bits per heavy atom. The summed E-state index contributed by atoms with van der Waals surface area (Å²) in [5.41, 5.74) is -2.54. The largest absolute Gasteiger partial charge is 0.481 e. The van der Waals surface area contributed by atoms with Crippen LogP contribution in [0.3, 0.4) is 0 Å². The minimum Gasteiger partial charge on any atom is -0.481 e. The SMILES string of the molecule is CC[C@@](C)(NC(=O)C(C)(C)NC(=O)[C@@H](NC(=O)[C@@H]1CCCN1C(=O)C(C)(C)NC(=O)[C@H](CC(C)C)NC(=O)CNC(=O)C(C)(C)NC(=O)[C@@H](NC(=O)C(C)(C)NC(=O)[C@H](CCC(N)=O)NC(=O)[C@H](C)NC(=O)C(C)(C)NC(=O)[C@H](C)NC(=O)C(C)(C)NC(=O)[C@H](C)NC(=O)C(C)(C)NC(C)=O)C(C)C)C(C)C)C(=O)N[C@@H](CCC(=O)O)C(=O)N[C@@H](CCC(N)=O)C(=O)N[C@H](CO)Cc1ccccc1. The number of rotatable bonds is 55. The molecule has 47 heteroatoms. The van der Waals surface area contributed by atoms with Gasteiger partial charge in [-0.05, 0) is 199 Å². The van der Waals surface area contributed by atoms with E-state index in [0.29, 0.717) is 6.42 Å². The number of carboxylic acid groups (broad SMARTS) is 1. The van der Waals surface area contributed by atoms with E-state index >= 15 is 0 Å². The van der Waals surface area contributed by atoms with Gasteiger partial charge in [0, 0.05) is 32.7 Å². The van der Waals surface area contributed by atoms with Crippen LogP contribution in [0.2, 0.25) is 0 Å². The normalized spacial score (nSPS) is 15.6. The van der Waals surface area contributed by atoms with E-state index in [9.17, 15) is 120 Å². The molecule has 0 unspecified atom stereocenters. The topological polar surface area (TPSA) is 717 Å². The molecule has 47 nitrogen and oxygen atoms in total. The number of carbonyl (C=O) groups excluding carboxylic acids is 22. The first-order chi connectivity index (χ1) is 63.2. The van der Waals surface area contributed by atoms with Gasteiger partial charge in [0.1, 0.15) is 105 Å². The van der Waals surface area contributed by atoms with Gasteiger partial charge < -0.3 is 128 Å². The number of nitrogens with two attached hydrogens (primary N) is 2. The van der Waals surface area contributed by atoms with Crippen LogP contribution >= 0.6 is 0 Å². The predicted octanol–water partition coefficient (Wildman–Crippen LogP) is -4.44. The predicted molar refractivity (Wildman–Crippen MR) is 502 cm³/mol. The number of likely N-dealkylation sites (tertiary alicyclic amines) is 1. The minimum atomic E-state index is -1.91. The lowest BCUT2D eigenvalue weighted by molar-refractivity contribution is -0.146. The van der Waals surface area contributed by atoms with Crippen molar-refractivity contribution in [2.45, 2.75) is 361 Å². The molecule has 2 rings (SSSR count). The molecule has 22 amide bonds. The lowest BCUT2D eigenvalue weighted by Crippen LogP contribution is -2.67. The molecule has 138 heavy (non-hydrogen) atoms. The monoisotopic (exact) mass is 1950 g/mol. The number of carbonyl (C=O) groups is 23. The van der Waals surface area contributed by atoms with Gasteiger partial charge in [-0.1, -0.05) is 78.8 Å². The third-order valence-corrected chi connectivity index (χ3v) is 22.7. The Morgan fingerprint density at radius 3 is 1.23 bits per heavy atom. The van der Waals surface area contributed by atoms with Gasteiger partial charge in [0.15, 0.2) is 0 Å². The number of hydrogen-bond donors (Lipinski definition) is 23. The number of carboxylic acids is 1. The van der Waals surface area contributed by atoms with Gasteiger partial charge in [-0.25, -0.2) is 0 Å². The van der Waals surface area contributed by atoms with E-state index in [4.69, 9.17) is 11.5 Å². The second-order valence-electron chi connectivity index (χ2n) is 39.9. The lowest BCUT2D eigenvalue weighted by atomic mass is 9.93. The molecule has 0 saturated carbocycles. The van der Waals surface area contributed by atoms with Gasteiger partial charge in [0.05, 0.1) is 19.2 Å². The first kappa shape index (κ1) is 121. The van der Waals surface area contributed by atoms with Crippen LogP contribution in [0.4, 0.5) is 0 Å². The van der Waals surface area contributed by atoms with Gasteiger partial charge in [0.2, 0.25) is 130 Å². The molecule has 0 radical (unpaired) electrons. The lowest BCUT2D eigenvalue weighted by Gasteiger charge is -2.36. The number of aliphatic carboxylic acids is 1. The van der Waals surface area contributed by atoms with E-state index < -0.39 is 297 Å². The molecule has 1 heterocycles. The maximum absolute atomic E-state index is 14.6. The molecule has 12 atom stereocenters. The number of benzene rings is 1. The second-order valence-corrected chi connectivity index (χ2v) is 39.9. The molecule has 0 bridgehead atoms. The number of hydrogen-bond acceptors (Lipinski definition) is 24. The molecule has 25 N–H and O–H groups in total. The summed E-state index contributed by atoms with van der Waals surface area (Å²) >= 11 is 0. The maximum atomic E-state index is 14.6. The smallest absolute Gasteiger partial charge is 0.303 e. The number of aliphatic hydroxyl groups excluding tert-OH is 1. The maximum Gasteiger partial charge on any atom is 0.303 e. The van der Waals surface area contributed by atoms with Gasteiger partial charge in [0.25, 0.3) is 0 Å². The summed E-state index contributed by atoms with van der Waals surface area (Å²) in [7, 11) is 0. The average molecular weight is 1950 g/mol. The summed E-state index contributed by atoms with van der Waals surface area (Å²) in [5, 5.41) is 67.8. The van der Waals surface area contributed by atoms with Crippen LogP contribution in [0.15, 0.2) is 30.3 Å². The van der Waals surface area contributed by atoms with Crippen molar-refractivity contribution in [3.8, 4) is 0 Å². The van der Waals surface area contributed by atoms with Gasteiger partial charge >= 0.3 is 5.97 Å². The molecule has 0 spiro atoms. The summed E-state index contributed by atoms with van der Waals surface area (Å²) < 4.78 is 0. The summed E-state index contributed by atoms with van der Waals surface area (Å²) in [6, 6.07) is -6.04. The summed E-state index contributed by atoms with van der Waals surface area (Å²) in [6.07, 6.45) is -2.35. The highest BCUT2D eigenvalue weighted by atomic mass is 16.4. The second kappa shape index (κ2) is 52.0. The molecular formula is C91H150N22O25. The van der Waals surface area contributed by atoms with Crippen LogP contribution in [0.25, 0.3) is 0 Å². The molecule has 774 valence electrons. The number of amides is 22. The summed E-state index contributed by atoms with van der Waals surface area (Å²) in [4.78, 5) is 312. The van der Waals surface area contributed by atoms with Gasteiger partial charge in [-0.3, -0.25) is 110 Å². The first-order valence-electron chi connectivity index (χ1n) is 45.9. The van der Waals surface area contributed by atoms with Gasteiger partial charge in [-0.15, -0.1) is 0 Å². The molecule has 1 aliphatic heterocycles. The zero-order valence-corrected chi connectivity index (χ0v) is 84.3. The molecule has 1 saturated heterocycles. The standard InChI is InChI=1S/C91H150N22O25/c1-27-91(26,82(137)102-56(37-40-63(119)120)70(125)101-55(35-38-60(92)116)69(124)98-54(45-114)43-53-32-29-28-30-33-53)112-81(136)89(22,23)111-74(129)64(47(4)5)103-73(128)59-34-31-41-113(59)83(138)90(24,25)109-72(127)58(42-46(2)3)99-62(118)44-94-76(131)84(12,13)110-75(130)65(48(6)7)104-80(135)88(20,21)108-71(126)57(36-39-61(93)117)100-66(121)49(8)95-78(133)86(16,17)106-68(123)51(10)97-79(134)87(18,19)107-67(122)50(9)96-77(132)85(14,15)105-52(11)115/h28-30,32-33,46-51,54-59,64-65,114H,27,31,34-45H2,1-26H3,(H2,92,116)(H2,93,117)(H,94,131)(H,95,133)(H,96,132)(H,97,134)(H,98,124)(H,99,118)(H,100,121)(H,101,125)(H,102,137)(H,103,128)(H,104,135)(H,105,115)(H,106,123)(H,107,122)(H,108,126)(H,109,127)(H,110,130)(H,111,129)(H,112,136)(H,119,120)/t49-,50-,51-,54-,55-,56-,57-,58-,59-,64-,65-,91+/m0/s1. The molecule has 0 aromatic heterocycles. The molecule has 1 fully saturated rings. The molecule has 1 aliphatic rings. The quantitative estimate of drug-likeness (QED) is 0.0293. The molecular weight excluding hydrogens is 1800 g/mol. The van der Waals surface area contributed by atoms with Crippen molar-refractivity contribution in [2.75, 3.05) is 19.7 Å². The Hall–Kier alpha value is -13.0. The zero-order chi connectivity index (χ0) is 106. The van der Waals surface area contributed by atoms with Crippen molar-refractivity contribution in [1.29, 1.82) is 0 Å². The first-order valence-corrected chi connectivity index (χ1v) is 45.9. The zero-order valence-electron chi connectivity index (χ0n) is 84.3. The Morgan fingerprint density at radius 2 is 0.790 bits per heavy atom. The fourth-order valence-corrected chi connectivity index (χ4v) is 13.8. The van der Waals surface area contributed by atoms with Gasteiger partial charge in [-0.2, -0.15) is 0 Å².